The molecule has 1 aromatic carbocycles. The van der Waals surface area contributed by atoms with E-state index in [1.165, 1.54) is 0 Å². The fourth-order valence-corrected chi connectivity index (χ4v) is 1.09. The van der Waals surface area contributed by atoms with Gasteiger partial charge in [-0.1, -0.05) is 6.58 Å². The van der Waals surface area contributed by atoms with Crippen LogP contribution in [0.3, 0.4) is 0 Å². The first kappa shape index (κ1) is 15.6. The molecule has 9 heteroatoms. The fourth-order valence-electron chi connectivity index (χ4n) is 1.09. The molecule has 0 saturated carbocycles. The molecule has 1 rings (SSSR count). The Hall–Kier alpha value is -2.45. The summed E-state index contributed by atoms with van der Waals surface area (Å²) < 4.78 is 68.5. The van der Waals surface area contributed by atoms with Gasteiger partial charge in [-0.3, -0.25) is 4.79 Å². The second-order valence-electron chi connectivity index (χ2n) is 3.46. The number of ether oxygens (including phenoxy) is 1. The molecule has 0 aliphatic rings. The molecular weight excluding hydrogens is 291 g/mol. The van der Waals surface area contributed by atoms with Gasteiger partial charge in [-0.05, 0) is 0 Å². The number of halogens is 5. The molecule has 0 spiro atoms. The third-order valence-electron chi connectivity index (χ3n) is 2.02. The van der Waals surface area contributed by atoms with Crippen LogP contribution in [0.1, 0.15) is 6.42 Å². The highest BCUT2D eigenvalue weighted by molar-refractivity contribution is 5.94. The third kappa shape index (κ3) is 2.92. The molecule has 4 nitrogen and oxygen atoms in total. The van der Waals surface area contributed by atoms with E-state index in [1.807, 2.05) is 0 Å². The van der Waals surface area contributed by atoms with Crippen molar-refractivity contribution in [3.63, 3.8) is 0 Å². The number of carboxylic acid groups (broad SMARTS) is 1. The Balaban J connectivity index is 3.14. The molecule has 0 fully saturated rings. The topological polar surface area (TPSA) is 63.6 Å². The van der Waals surface area contributed by atoms with Gasteiger partial charge >= 0.3 is 11.9 Å². The molecule has 0 bridgehead atoms. The predicted octanol–water partition coefficient (Wildman–Crippen LogP) is 2.32. The van der Waals surface area contributed by atoms with Crippen LogP contribution in [0.15, 0.2) is 12.2 Å². The Morgan fingerprint density at radius 2 is 1.35 bits per heavy atom. The first-order valence-electron chi connectivity index (χ1n) is 4.80. The minimum Gasteiger partial charge on any atom is -0.481 e. The van der Waals surface area contributed by atoms with E-state index in [0.29, 0.717) is 0 Å². The molecule has 0 aromatic heterocycles. The molecule has 0 radical (unpaired) electrons. The molecule has 20 heavy (non-hydrogen) atoms. The van der Waals surface area contributed by atoms with Gasteiger partial charge in [0.05, 0.1) is 6.42 Å². The summed E-state index contributed by atoms with van der Waals surface area (Å²) in [6.45, 7) is 2.95. The summed E-state index contributed by atoms with van der Waals surface area (Å²) in [5.41, 5.74) is -0.735. The Kier molecular flexibility index (Phi) is 4.43. The van der Waals surface area contributed by atoms with Crippen LogP contribution in [0.4, 0.5) is 22.0 Å². The van der Waals surface area contributed by atoms with Gasteiger partial charge in [-0.15, -0.1) is 0 Å². The summed E-state index contributed by atoms with van der Waals surface area (Å²) in [5.74, 6) is -16.6. The molecule has 0 aliphatic carbocycles. The van der Waals surface area contributed by atoms with Crippen molar-refractivity contribution >= 4 is 11.9 Å². The molecule has 0 saturated heterocycles. The van der Waals surface area contributed by atoms with Crippen molar-refractivity contribution in [1.82, 2.24) is 0 Å². The summed E-state index contributed by atoms with van der Waals surface area (Å²) in [7, 11) is 0. The third-order valence-corrected chi connectivity index (χ3v) is 2.02. The van der Waals surface area contributed by atoms with Crippen molar-refractivity contribution in [2.24, 2.45) is 0 Å². The average Bonchev–Trinajstić information content (AvgIpc) is 2.38. The predicted molar refractivity (Wildman–Crippen MR) is 53.3 cm³/mol. The lowest BCUT2D eigenvalue weighted by Gasteiger charge is -2.09. The highest BCUT2D eigenvalue weighted by atomic mass is 19.2. The molecular formula is C11H5F5O4. The van der Waals surface area contributed by atoms with Gasteiger partial charge in [0, 0.05) is 5.57 Å². The molecule has 1 N–H and O–H groups in total. The first-order chi connectivity index (χ1) is 9.16. The summed E-state index contributed by atoms with van der Waals surface area (Å²) in [6.07, 6.45) is -0.922. The minimum absolute atomic E-state index is 0.735. The van der Waals surface area contributed by atoms with E-state index >= 15 is 0 Å². The van der Waals surface area contributed by atoms with Crippen LogP contribution in [-0.2, 0) is 9.59 Å². The van der Waals surface area contributed by atoms with Gasteiger partial charge in [-0.2, -0.15) is 8.78 Å². The lowest BCUT2D eigenvalue weighted by molar-refractivity contribution is -0.138. The maximum Gasteiger partial charge on any atom is 0.339 e. The van der Waals surface area contributed by atoms with Crippen molar-refractivity contribution in [2.45, 2.75) is 6.42 Å². The van der Waals surface area contributed by atoms with Crippen LogP contribution < -0.4 is 4.74 Å². The average molecular weight is 296 g/mol. The number of hydrogen-bond donors (Lipinski definition) is 1. The Labute approximate surface area is 108 Å². The van der Waals surface area contributed by atoms with Gasteiger partial charge in [0.15, 0.2) is 0 Å². The number of carboxylic acids is 1. The van der Waals surface area contributed by atoms with Crippen LogP contribution in [0.25, 0.3) is 0 Å². The maximum atomic E-state index is 13.1. The summed E-state index contributed by atoms with van der Waals surface area (Å²) >= 11 is 0. The smallest absolute Gasteiger partial charge is 0.339 e. The van der Waals surface area contributed by atoms with Gasteiger partial charge < -0.3 is 9.84 Å². The minimum atomic E-state index is -2.41. The van der Waals surface area contributed by atoms with Crippen LogP contribution in [0.2, 0.25) is 0 Å². The molecule has 0 amide bonds. The number of hydrogen-bond acceptors (Lipinski definition) is 3. The van der Waals surface area contributed by atoms with Crippen LogP contribution in [0.5, 0.6) is 5.75 Å². The quantitative estimate of drug-likeness (QED) is 0.231. The lowest BCUT2D eigenvalue weighted by Crippen LogP contribution is -2.16. The van der Waals surface area contributed by atoms with E-state index in [-0.39, 0.29) is 0 Å². The highest BCUT2D eigenvalue weighted by Gasteiger charge is 2.29. The Morgan fingerprint density at radius 3 is 1.75 bits per heavy atom. The van der Waals surface area contributed by atoms with E-state index < -0.39 is 58.8 Å². The molecule has 0 heterocycles. The number of rotatable bonds is 4. The van der Waals surface area contributed by atoms with E-state index in [1.54, 1.807) is 0 Å². The highest BCUT2D eigenvalue weighted by Crippen LogP contribution is 2.29. The van der Waals surface area contributed by atoms with Crippen LogP contribution in [-0.4, -0.2) is 17.0 Å². The number of carbonyl (C=O) groups is 2. The van der Waals surface area contributed by atoms with Crippen LogP contribution >= 0.6 is 0 Å². The van der Waals surface area contributed by atoms with Crippen molar-refractivity contribution in [2.75, 3.05) is 0 Å². The second kappa shape index (κ2) is 5.68. The summed E-state index contributed by atoms with van der Waals surface area (Å²) in [5, 5.41) is 8.35. The maximum absolute atomic E-state index is 13.1. The number of benzene rings is 1. The molecule has 0 aliphatic heterocycles. The van der Waals surface area contributed by atoms with Crippen molar-refractivity contribution in [3.8, 4) is 5.75 Å². The number of carbonyl (C=O) groups excluding carboxylic acids is 1. The van der Waals surface area contributed by atoms with Gasteiger partial charge in [0.2, 0.25) is 34.8 Å². The van der Waals surface area contributed by atoms with Crippen LogP contribution in [0, 0.1) is 29.1 Å². The lowest BCUT2D eigenvalue weighted by atomic mass is 10.2. The largest absolute Gasteiger partial charge is 0.481 e. The number of esters is 1. The number of aliphatic carboxylic acids is 1. The monoisotopic (exact) mass is 296 g/mol. The van der Waals surface area contributed by atoms with Gasteiger partial charge in [0.1, 0.15) is 0 Å². The van der Waals surface area contributed by atoms with Crippen molar-refractivity contribution in [3.05, 3.63) is 41.2 Å². The van der Waals surface area contributed by atoms with E-state index in [4.69, 9.17) is 5.11 Å². The first-order valence-corrected chi connectivity index (χ1v) is 4.80. The van der Waals surface area contributed by atoms with E-state index in [9.17, 15) is 31.5 Å². The molecule has 1 aromatic rings. The summed E-state index contributed by atoms with van der Waals surface area (Å²) in [4.78, 5) is 21.5. The van der Waals surface area contributed by atoms with Gasteiger partial charge in [-0.25, -0.2) is 18.0 Å². The van der Waals surface area contributed by atoms with E-state index in [0.717, 1.165) is 0 Å². The fraction of sp³-hybridized carbons (Fsp3) is 0.0909. The Bertz CT molecular complexity index is 582. The van der Waals surface area contributed by atoms with Crippen molar-refractivity contribution in [1.29, 1.82) is 0 Å². The van der Waals surface area contributed by atoms with E-state index in [2.05, 4.69) is 11.3 Å². The second-order valence-corrected chi connectivity index (χ2v) is 3.46. The van der Waals surface area contributed by atoms with Gasteiger partial charge in [0.25, 0.3) is 0 Å². The zero-order valence-electron chi connectivity index (χ0n) is 9.48. The Morgan fingerprint density at radius 1 is 0.950 bits per heavy atom. The molecule has 0 atom stereocenters. The standard InChI is InChI=1S/C11H5F5O4/c1-3(2-4(17)18)11(19)20-10-8(15)6(13)5(12)7(14)9(10)16/h1-2H2,(H,17,18). The zero-order chi connectivity index (χ0) is 15.6. The van der Waals surface area contributed by atoms with Crippen molar-refractivity contribution < 1.29 is 41.4 Å². The summed E-state index contributed by atoms with van der Waals surface area (Å²) in [6, 6.07) is 0. The SMILES string of the molecule is C=C(CC(=O)O)C(=O)Oc1c(F)c(F)c(F)c(F)c1F. The zero-order valence-corrected chi connectivity index (χ0v) is 9.48. The molecule has 0 unspecified atom stereocenters. The normalized spacial score (nSPS) is 10.2. The molecule has 108 valence electrons.